The maximum atomic E-state index is 12.4. The van der Waals surface area contributed by atoms with Crippen LogP contribution in [0.4, 0.5) is 5.69 Å². The number of benzene rings is 1. The average molecular weight is 365 g/mol. The topological polar surface area (TPSA) is 71.8 Å². The van der Waals surface area contributed by atoms with Gasteiger partial charge in [0.2, 0.25) is 0 Å². The molecule has 0 atom stereocenters. The highest BCUT2D eigenvalue weighted by atomic mass is 79.9. The molecule has 2 aromatic rings. The molecule has 1 aliphatic rings. The van der Waals surface area contributed by atoms with Gasteiger partial charge in [-0.1, -0.05) is 0 Å². The standard InChI is InChI=1S/C15H13BrN2O4/c1-18(7-10-3-5-13(16)22-10)15(20)9-2-4-12-11(6-9)17-14(19)8-21-12/h2-6H,7-8H2,1H3,(H,17,19). The summed E-state index contributed by atoms with van der Waals surface area (Å²) in [6.07, 6.45) is 0. The number of fused-ring (bicyclic) bond motifs is 1. The first-order valence-electron chi connectivity index (χ1n) is 6.59. The number of hydrogen-bond donors (Lipinski definition) is 1. The zero-order valence-corrected chi connectivity index (χ0v) is 13.3. The molecule has 0 aliphatic carbocycles. The van der Waals surface area contributed by atoms with E-state index in [0.29, 0.717) is 34.0 Å². The van der Waals surface area contributed by atoms with Gasteiger partial charge in [0.1, 0.15) is 11.5 Å². The van der Waals surface area contributed by atoms with Crippen molar-refractivity contribution in [2.45, 2.75) is 6.54 Å². The smallest absolute Gasteiger partial charge is 0.262 e. The number of nitrogens with one attached hydrogen (secondary N) is 1. The summed E-state index contributed by atoms with van der Waals surface area (Å²) < 4.78 is 11.3. The minimum atomic E-state index is -0.231. The first-order valence-corrected chi connectivity index (χ1v) is 7.38. The van der Waals surface area contributed by atoms with Crippen LogP contribution < -0.4 is 10.1 Å². The predicted octanol–water partition coefficient (Wildman–Crippen LogP) is 2.65. The highest BCUT2D eigenvalue weighted by molar-refractivity contribution is 9.10. The number of carbonyl (C=O) groups is 2. The molecule has 1 N–H and O–H groups in total. The Balaban J connectivity index is 1.77. The molecule has 6 nitrogen and oxygen atoms in total. The molecule has 7 heteroatoms. The van der Waals surface area contributed by atoms with E-state index in [4.69, 9.17) is 9.15 Å². The monoisotopic (exact) mass is 364 g/mol. The van der Waals surface area contributed by atoms with E-state index in [9.17, 15) is 9.59 Å². The third-order valence-electron chi connectivity index (χ3n) is 3.23. The van der Waals surface area contributed by atoms with E-state index in [1.54, 1.807) is 42.3 Å². The van der Waals surface area contributed by atoms with Crippen LogP contribution in [-0.4, -0.2) is 30.4 Å². The van der Waals surface area contributed by atoms with Gasteiger partial charge in [0, 0.05) is 12.6 Å². The van der Waals surface area contributed by atoms with E-state index in [-0.39, 0.29) is 18.4 Å². The summed E-state index contributed by atoms with van der Waals surface area (Å²) in [4.78, 5) is 25.3. The van der Waals surface area contributed by atoms with Crippen molar-refractivity contribution >= 4 is 33.4 Å². The molecular weight excluding hydrogens is 352 g/mol. The molecule has 0 fully saturated rings. The third kappa shape index (κ3) is 2.99. The summed E-state index contributed by atoms with van der Waals surface area (Å²) in [6.45, 7) is 0.345. The summed E-state index contributed by atoms with van der Waals surface area (Å²) in [5, 5.41) is 2.69. The molecule has 1 aromatic carbocycles. The van der Waals surface area contributed by atoms with Crippen LogP contribution in [0.25, 0.3) is 0 Å². The molecule has 0 saturated heterocycles. The van der Waals surface area contributed by atoms with Crippen LogP contribution in [0.3, 0.4) is 0 Å². The van der Waals surface area contributed by atoms with Gasteiger partial charge in [-0.05, 0) is 46.3 Å². The average Bonchev–Trinajstić information content (AvgIpc) is 2.90. The number of amides is 2. The van der Waals surface area contributed by atoms with E-state index in [1.807, 2.05) is 0 Å². The lowest BCUT2D eigenvalue weighted by Crippen LogP contribution is -2.28. The Bertz CT molecular complexity index is 741. The van der Waals surface area contributed by atoms with Crippen LogP contribution >= 0.6 is 15.9 Å². The van der Waals surface area contributed by atoms with Gasteiger partial charge in [-0.15, -0.1) is 0 Å². The SMILES string of the molecule is CN(Cc1ccc(Br)o1)C(=O)c1ccc2c(c1)NC(=O)CO2. The van der Waals surface area contributed by atoms with Crippen LogP contribution in [-0.2, 0) is 11.3 Å². The lowest BCUT2D eigenvalue weighted by molar-refractivity contribution is -0.118. The van der Waals surface area contributed by atoms with Crippen LogP contribution in [0.1, 0.15) is 16.1 Å². The molecule has 3 rings (SSSR count). The first kappa shape index (κ1) is 14.6. The van der Waals surface area contributed by atoms with Crippen LogP contribution in [0.15, 0.2) is 39.4 Å². The lowest BCUT2D eigenvalue weighted by atomic mass is 10.1. The number of ether oxygens (including phenoxy) is 1. The third-order valence-corrected chi connectivity index (χ3v) is 3.65. The quantitative estimate of drug-likeness (QED) is 0.908. The van der Waals surface area contributed by atoms with E-state index in [1.165, 1.54) is 0 Å². The van der Waals surface area contributed by atoms with Gasteiger partial charge in [-0.3, -0.25) is 9.59 Å². The minimum absolute atomic E-state index is 0.00638. The number of furan rings is 1. The summed E-state index contributed by atoms with van der Waals surface area (Å²) in [7, 11) is 1.69. The van der Waals surface area contributed by atoms with Crippen molar-refractivity contribution in [2.24, 2.45) is 0 Å². The molecule has 0 saturated carbocycles. The zero-order chi connectivity index (χ0) is 15.7. The summed E-state index contributed by atoms with van der Waals surface area (Å²) in [5.41, 5.74) is 0.980. The normalized spacial score (nSPS) is 13.1. The molecule has 2 amide bonds. The Morgan fingerprint density at radius 3 is 2.91 bits per heavy atom. The van der Waals surface area contributed by atoms with E-state index >= 15 is 0 Å². The highest BCUT2D eigenvalue weighted by Crippen LogP contribution is 2.29. The largest absolute Gasteiger partial charge is 0.482 e. The van der Waals surface area contributed by atoms with Gasteiger partial charge in [0.05, 0.1) is 12.2 Å². The molecule has 22 heavy (non-hydrogen) atoms. The second-order valence-corrected chi connectivity index (χ2v) is 5.70. The van der Waals surface area contributed by atoms with Crippen molar-refractivity contribution in [2.75, 3.05) is 19.0 Å². The van der Waals surface area contributed by atoms with E-state index in [0.717, 1.165) is 0 Å². The van der Waals surface area contributed by atoms with Gasteiger partial charge < -0.3 is 19.4 Å². The number of anilines is 1. The predicted molar refractivity (Wildman–Crippen MR) is 82.8 cm³/mol. The Morgan fingerprint density at radius 1 is 1.36 bits per heavy atom. The molecular formula is C15H13BrN2O4. The van der Waals surface area contributed by atoms with E-state index in [2.05, 4.69) is 21.2 Å². The summed E-state index contributed by atoms with van der Waals surface area (Å²) in [6, 6.07) is 8.55. The fourth-order valence-corrected chi connectivity index (χ4v) is 2.52. The van der Waals surface area contributed by atoms with Gasteiger partial charge >= 0.3 is 0 Å². The number of hydrogen-bond acceptors (Lipinski definition) is 4. The zero-order valence-electron chi connectivity index (χ0n) is 11.8. The van der Waals surface area contributed by atoms with Crippen LogP contribution in [0.2, 0.25) is 0 Å². The summed E-state index contributed by atoms with van der Waals surface area (Å²) in [5.74, 6) is 0.840. The molecule has 0 bridgehead atoms. The Kier molecular flexibility index (Phi) is 3.89. The Morgan fingerprint density at radius 2 is 2.18 bits per heavy atom. The van der Waals surface area contributed by atoms with Crippen molar-refractivity contribution in [3.8, 4) is 5.75 Å². The van der Waals surface area contributed by atoms with Crippen LogP contribution in [0.5, 0.6) is 5.75 Å². The number of rotatable bonds is 3. The molecule has 1 aliphatic heterocycles. The maximum Gasteiger partial charge on any atom is 0.262 e. The second kappa shape index (κ2) is 5.84. The molecule has 2 heterocycles. The Labute approximate surface area is 135 Å². The van der Waals surface area contributed by atoms with E-state index < -0.39 is 0 Å². The van der Waals surface area contributed by atoms with Gasteiger partial charge in [-0.2, -0.15) is 0 Å². The van der Waals surface area contributed by atoms with Gasteiger partial charge in [0.15, 0.2) is 11.3 Å². The van der Waals surface area contributed by atoms with Crippen molar-refractivity contribution < 1.29 is 18.7 Å². The fourth-order valence-electron chi connectivity index (χ4n) is 2.18. The first-order chi connectivity index (χ1) is 10.5. The van der Waals surface area contributed by atoms with Crippen molar-refractivity contribution in [3.63, 3.8) is 0 Å². The van der Waals surface area contributed by atoms with Gasteiger partial charge in [0.25, 0.3) is 11.8 Å². The minimum Gasteiger partial charge on any atom is -0.482 e. The van der Waals surface area contributed by atoms with Crippen molar-refractivity contribution in [1.82, 2.24) is 4.90 Å². The molecule has 1 aromatic heterocycles. The van der Waals surface area contributed by atoms with Crippen LogP contribution in [0, 0.1) is 0 Å². The van der Waals surface area contributed by atoms with Crippen molar-refractivity contribution in [3.05, 3.63) is 46.3 Å². The van der Waals surface area contributed by atoms with Crippen molar-refractivity contribution in [1.29, 1.82) is 0 Å². The Hall–Kier alpha value is -2.28. The lowest BCUT2D eigenvalue weighted by Gasteiger charge is -2.20. The highest BCUT2D eigenvalue weighted by Gasteiger charge is 2.19. The number of carbonyl (C=O) groups excluding carboxylic acids is 2. The molecule has 0 unspecified atom stereocenters. The summed E-state index contributed by atoms with van der Waals surface area (Å²) >= 11 is 3.23. The number of nitrogens with zero attached hydrogens (tertiary/aromatic N) is 1. The number of halogens is 1. The van der Waals surface area contributed by atoms with Gasteiger partial charge in [-0.25, -0.2) is 0 Å². The molecule has 0 radical (unpaired) electrons. The fraction of sp³-hybridized carbons (Fsp3) is 0.200. The molecule has 0 spiro atoms. The maximum absolute atomic E-state index is 12.4. The molecule has 114 valence electrons. The second-order valence-electron chi connectivity index (χ2n) is 4.91.